The standard InChI is InChI=1S/C22H24N4O/c1-26(2)16-18-5-3-6-19(15-18)20-7-4-11-24-21(20)22(27)25-14-10-17-8-12-23-13-9-17/h3-9,11-13,15H,10,14,16H2,1-2H3,(H,25,27). The number of aromatic nitrogens is 2. The molecule has 0 unspecified atom stereocenters. The van der Waals surface area contributed by atoms with Crippen LogP contribution >= 0.6 is 0 Å². The summed E-state index contributed by atoms with van der Waals surface area (Å²) in [4.78, 5) is 23.2. The molecule has 138 valence electrons. The molecular formula is C22H24N4O. The molecule has 1 N–H and O–H groups in total. The Bertz CT molecular complexity index is 894. The van der Waals surface area contributed by atoms with Crippen LogP contribution in [-0.4, -0.2) is 41.4 Å². The number of carbonyl (C=O) groups excluding carboxylic acids is 1. The first-order valence-corrected chi connectivity index (χ1v) is 8.99. The van der Waals surface area contributed by atoms with E-state index in [4.69, 9.17) is 0 Å². The van der Waals surface area contributed by atoms with Crippen molar-refractivity contribution in [1.29, 1.82) is 0 Å². The second-order valence-electron chi connectivity index (χ2n) is 6.70. The predicted molar refractivity (Wildman–Crippen MR) is 107 cm³/mol. The summed E-state index contributed by atoms with van der Waals surface area (Å²) in [5.74, 6) is -0.155. The van der Waals surface area contributed by atoms with Crippen molar-refractivity contribution in [1.82, 2.24) is 20.2 Å². The number of nitrogens with one attached hydrogen (secondary N) is 1. The molecule has 0 aliphatic heterocycles. The Labute approximate surface area is 160 Å². The quantitative estimate of drug-likeness (QED) is 0.703. The van der Waals surface area contributed by atoms with Gasteiger partial charge in [-0.2, -0.15) is 0 Å². The third-order valence-corrected chi connectivity index (χ3v) is 4.21. The Morgan fingerprint density at radius 2 is 1.81 bits per heavy atom. The van der Waals surface area contributed by atoms with Gasteiger partial charge in [0.15, 0.2) is 0 Å². The first-order chi connectivity index (χ1) is 13.1. The van der Waals surface area contributed by atoms with E-state index >= 15 is 0 Å². The van der Waals surface area contributed by atoms with Crippen molar-refractivity contribution >= 4 is 5.91 Å². The van der Waals surface area contributed by atoms with Gasteiger partial charge in [-0.25, -0.2) is 0 Å². The van der Waals surface area contributed by atoms with Gasteiger partial charge in [0.2, 0.25) is 0 Å². The van der Waals surface area contributed by atoms with Crippen LogP contribution < -0.4 is 5.32 Å². The minimum atomic E-state index is -0.155. The van der Waals surface area contributed by atoms with Gasteiger partial charge in [0.25, 0.3) is 5.91 Å². The van der Waals surface area contributed by atoms with Crippen molar-refractivity contribution in [2.45, 2.75) is 13.0 Å². The number of hydrogen-bond donors (Lipinski definition) is 1. The fourth-order valence-corrected chi connectivity index (χ4v) is 2.98. The molecule has 2 heterocycles. The number of benzene rings is 1. The Morgan fingerprint density at radius 1 is 1.00 bits per heavy atom. The maximum atomic E-state index is 12.7. The molecule has 0 aliphatic carbocycles. The zero-order valence-electron chi connectivity index (χ0n) is 15.7. The van der Waals surface area contributed by atoms with E-state index in [1.165, 1.54) is 5.56 Å². The number of pyridine rings is 2. The highest BCUT2D eigenvalue weighted by atomic mass is 16.1. The van der Waals surface area contributed by atoms with E-state index in [2.05, 4.69) is 32.3 Å². The van der Waals surface area contributed by atoms with Crippen molar-refractivity contribution in [3.8, 4) is 11.1 Å². The van der Waals surface area contributed by atoms with Gasteiger partial charge in [0, 0.05) is 37.2 Å². The first-order valence-electron chi connectivity index (χ1n) is 8.99. The molecule has 2 aromatic heterocycles. The normalized spacial score (nSPS) is 10.8. The van der Waals surface area contributed by atoms with Gasteiger partial charge in [-0.1, -0.05) is 24.3 Å². The van der Waals surface area contributed by atoms with Crippen LogP contribution in [0.2, 0.25) is 0 Å². The number of carbonyl (C=O) groups is 1. The summed E-state index contributed by atoms with van der Waals surface area (Å²) in [5.41, 5.74) is 4.64. The summed E-state index contributed by atoms with van der Waals surface area (Å²) in [7, 11) is 4.08. The van der Waals surface area contributed by atoms with Crippen molar-refractivity contribution in [3.63, 3.8) is 0 Å². The maximum Gasteiger partial charge on any atom is 0.270 e. The molecule has 0 bridgehead atoms. The second-order valence-corrected chi connectivity index (χ2v) is 6.70. The highest BCUT2D eigenvalue weighted by Gasteiger charge is 2.14. The average Bonchev–Trinajstić information content (AvgIpc) is 2.68. The molecule has 0 spiro atoms. The third-order valence-electron chi connectivity index (χ3n) is 4.21. The van der Waals surface area contributed by atoms with Crippen LogP contribution in [0, 0.1) is 0 Å². The molecule has 0 saturated heterocycles. The van der Waals surface area contributed by atoms with E-state index in [1.807, 2.05) is 50.5 Å². The molecule has 0 saturated carbocycles. The molecule has 0 atom stereocenters. The summed E-state index contributed by atoms with van der Waals surface area (Å²) in [6.07, 6.45) is 5.93. The molecule has 1 amide bonds. The van der Waals surface area contributed by atoms with Crippen LogP contribution in [0.25, 0.3) is 11.1 Å². The summed E-state index contributed by atoms with van der Waals surface area (Å²) < 4.78 is 0. The van der Waals surface area contributed by atoms with Crippen molar-refractivity contribution in [3.05, 3.63) is 83.9 Å². The molecule has 3 aromatic rings. The highest BCUT2D eigenvalue weighted by molar-refractivity contribution is 5.98. The Morgan fingerprint density at radius 3 is 2.59 bits per heavy atom. The van der Waals surface area contributed by atoms with Crippen LogP contribution in [0.15, 0.2) is 67.1 Å². The second kappa shape index (κ2) is 9.05. The molecule has 0 radical (unpaired) electrons. The first kappa shape index (κ1) is 18.7. The number of rotatable bonds is 7. The third kappa shape index (κ3) is 5.21. The lowest BCUT2D eigenvalue weighted by Crippen LogP contribution is -2.27. The number of amides is 1. The van der Waals surface area contributed by atoms with Crippen LogP contribution in [0.4, 0.5) is 0 Å². The Hall–Kier alpha value is -3.05. The van der Waals surface area contributed by atoms with E-state index in [9.17, 15) is 4.79 Å². The molecule has 27 heavy (non-hydrogen) atoms. The highest BCUT2D eigenvalue weighted by Crippen LogP contribution is 2.23. The van der Waals surface area contributed by atoms with E-state index in [0.717, 1.165) is 29.7 Å². The minimum absolute atomic E-state index is 0.155. The Kier molecular flexibility index (Phi) is 6.28. The summed E-state index contributed by atoms with van der Waals surface area (Å²) in [6.45, 7) is 1.40. The molecule has 3 rings (SSSR count). The fraction of sp³-hybridized carbons (Fsp3) is 0.227. The molecule has 1 aromatic carbocycles. The maximum absolute atomic E-state index is 12.7. The van der Waals surface area contributed by atoms with E-state index in [0.29, 0.717) is 12.2 Å². The predicted octanol–water partition coefficient (Wildman–Crippen LogP) is 3.18. The van der Waals surface area contributed by atoms with Gasteiger partial charge in [-0.3, -0.25) is 14.8 Å². The van der Waals surface area contributed by atoms with Crippen LogP contribution in [-0.2, 0) is 13.0 Å². The van der Waals surface area contributed by atoms with Crippen LogP contribution in [0.1, 0.15) is 21.6 Å². The number of nitrogens with zero attached hydrogens (tertiary/aromatic N) is 3. The van der Waals surface area contributed by atoms with E-state index in [-0.39, 0.29) is 5.91 Å². The number of hydrogen-bond acceptors (Lipinski definition) is 4. The van der Waals surface area contributed by atoms with Gasteiger partial charge >= 0.3 is 0 Å². The Balaban J connectivity index is 1.74. The van der Waals surface area contributed by atoms with Crippen molar-refractivity contribution in [2.75, 3.05) is 20.6 Å². The summed E-state index contributed by atoms with van der Waals surface area (Å²) in [5, 5.41) is 2.97. The lowest BCUT2D eigenvalue weighted by atomic mass is 10.0. The van der Waals surface area contributed by atoms with Gasteiger partial charge in [-0.15, -0.1) is 0 Å². The molecular weight excluding hydrogens is 336 g/mol. The SMILES string of the molecule is CN(C)Cc1cccc(-c2cccnc2C(=O)NCCc2ccncc2)c1. The van der Waals surface area contributed by atoms with Gasteiger partial charge in [0.05, 0.1) is 0 Å². The molecule has 0 fully saturated rings. The lowest BCUT2D eigenvalue weighted by Gasteiger charge is -2.13. The largest absolute Gasteiger partial charge is 0.350 e. The lowest BCUT2D eigenvalue weighted by molar-refractivity contribution is 0.0950. The summed E-state index contributed by atoms with van der Waals surface area (Å²) in [6, 6.07) is 16.0. The van der Waals surface area contributed by atoms with Gasteiger partial charge in [0.1, 0.15) is 5.69 Å². The van der Waals surface area contributed by atoms with E-state index < -0.39 is 0 Å². The molecule has 5 heteroatoms. The van der Waals surface area contributed by atoms with Crippen molar-refractivity contribution < 1.29 is 4.79 Å². The minimum Gasteiger partial charge on any atom is -0.350 e. The van der Waals surface area contributed by atoms with Gasteiger partial charge in [-0.05, 0) is 61.5 Å². The topological polar surface area (TPSA) is 58.1 Å². The summed E-state index contributed by atoms with van der Waals surface area (Å²) >= 11 is 0. The zero-order chi connectivity index (χ0) is 19.1. The van der Waals surface area contributed by atoms with Crippen LogP contribution in [0.5, 0.6) is 0 Å². The fourth-order valence-electron chi connectivity index (χ4n) is 2.98. The molecule has 0 aliphatic rings. The zero-order valence-corrected chi connectivity index (χ0v) is 15.7. The smallest absolute Gasteiger partial charge is 0.270 e. The van der Waals surface area contributed by atoms with Crippen LogP contribution in [0.3, 0.4) is 0 Å². The van der Waals surface area contributed by atoms with E-state index in [1.54, 1.807) is 18.6 Å². The van der Waals surface area contributed by atoms with Crippen molar-refractivity contribution in [2.24, 2.45) is 0 Å². The monoisotopic (exact) mass is 360 g/mol. The molecule has 5 nitrogen and oxygen atoms in total. The van der Waals surface area contributed by atoms with Gasteiger partial charge < -0.3 is 10.2 Å². The average molecular weight is 360 g/mol.